The van der Waals surface area contributed by atoms with Gasteiger partial charge in [-0.25, -0.2) is 4.79 Å². The highest BCUT2D eigenvalue weighted by Gasteiger charge is 2.27. The lowest BCUT2D eigenvalue weighted by Crippen LogP contribution is -2.52. The number of carbonyl (C=O) groups excluding carboxylic acids is 3. The van der Waals surface area contributed by atoms with E-state index in [0.717, 1.165) is 16.8 Å². The third kappa shape index (κ3) is 8.88. The van der Waals surface area contributed by atoms with E-state index in [0.29, 0.717) is 37.7 Å². The third-order valence-electron chi connectivity index (χ3n) is 5.21. The fraction of sp³-hybridized carbons (Fsp3) is 0.400. The van der Waals surface area contributed by atoms with Gasteiger partial charge in [0.1, 0.15) is 12.1 Å². The molecule has 0 unspecified atom stereocenters. The molecule has 0 spiro atoms. The molecule has 0 radical (unpaired) electrons. The molecule has 0 aromatic heterocycles. The maximum Gasteiger partial charge on any atom is 0.328 e. The van der Waals surface area contributed by atoms with Gasteiger partial charge in [-0.15, -0.1) is 23.2 Å². The minimum atomic E-state index is -0.896. The zero-order chi connectivity index (χ0) is 24.8. The first-order valence-corrected chi connectivity index (χ1v) is 12.3. The molecule has 0 aliphatic heterocycles. The van der Waals surface area contributed by atoms with Crippen LogP contribution in [0.3, 0.4) is 0 Å². The topological polar surface area (TPSA) is 87.7 Å². The number of alkyl halides is 2. The van der Waals surface area contributed by atoms with Gasteiger partial charge >= 0.3 is 5.97 Å². The number of carbonyl (C=O) groups is 3. The van der Waals surface area contributed by atoms with Crippen LogP contribution in [-0.2, 0) is 32.0 Å². The van der Waals surface area contributed by atoms with Gasteiger partial charge in [0.05, 0.1) is 6.61 Å². The quantitative estimate of drug-likeness (QED) is 0.220. The molecule has 7 nitrogen and oxygen atoms in total. The van der Waals surface area contributed by atoms with Crippen molar-refractivity contribution in [1.82, 2.24) is 10.6 Å². The van der Waals surface area contributed by atoms with Gasteiger partial charge in [-0.05, 0) is 30.2 Å². The Morgan fingerprint density at radius 1 is 0.941 bits per heavy atom. The molecule has 34 heavy (non-hydrogen) atoms. The number of esters is 1. The van der Waals surface area contributed by atoms with Gasteiger partial charge in [0.25, 0.3) is 0 Å². The summed E-state index contributed by atoms with van der Waals surface area (Å²) in [4.78, 5) is 38.7. The van der Waals surface area contributed by atoms with Crippen molar-refractivity contribution in [2.24, 2.45) is 0 Å². The van der Waals surface area contributed by atoms with Crippen LogP contribution in [0.2, 0.25) is 0 Å². The molecule has 0 aliphatic carbocycles. The summed E-state index contributed by atoms with van der Waals surface area (Å²) in [6.07, 6.45) is 1.03. The molecule has 2 amide bonds. The number of hydrogen-bond acceptors (Lipinski definition) is 5. The predicted octanol–water partition coefficient (Wildman–Crippen LogP) is 2.92. The number of halogens is 2. The second-order valence-electron chi connectivity index (χ2n) is 7.58. The van der Waals surface area contributed by atoms with Crippen molar-refractivity contribution in [2.45, 2.75) is 31.8 Å². The molecular weight excluding hydrogens is 477 g/mol. The molecule has 184 valence electrons. The minimum absolute atomic E-state index is 0.190. The molecule has 0 saturated carbocycles. The fourth-order valence-electron chi connectivity index (χ4n) is 3.52. The van der Waals surface area contributed by atoms with Gasteiger partial charge in [0.15, 0.2) is 0 Å². The highest BCUT2D eigenvalue weighted by Crippen LogP contribution is 2.17. The molecule has 0 aliphatic rings. The van der Waals surface area contributed by atoms with Gasteiger partial charge < -0.3 is 20.3 Å². The number of amides is 2. The maximum absolute atomic E-state index is 13.0. The molecule has 2 aromatic carbocycles. The summed E-state index contributed by atoms with van der Waals surface area (Å²) in [7, 11) is 0. The van der Waals surface area contributed by atoms with E-state index >= 15 is 0 Å². The van der Waals surface area contributed by atoms with E-state index in [2.05, 4.69) is 15.5 Å². The van der Waals surface area contributed by atoms with Crippen molar-refractivity contribution >= 4 is 47.2 Å². The summed E-state index contributed by atoms with van der Waals surface area (Å²) in [5.74, 6) is -0.0280. The first-order valence-electron chi connectivity index (χ1n) is 11.2. The summed E-state index contributed by atoms with van der Waals surface area (Å²) < 4.78 is 5.18. The van der Waals surface area contributed by atoms with Crippen molar-refractivity contribution in [3.8, 4) is 0 Å². The third-order valence-corrected chi connectivity index (χ3v) is 5.54. The zero-order valence-electron chi connectivity index (χ0n) is 19.2. The summed E-state index contributed by atoms with van der Waals surface area (Å²) in [5.41, 5.74) is 2.71. The number of nitrogens with zero attached hydrogens (tertiary/aromatic N) is 1. The summed E-state index contributed by atoms with van der Waals surface area (Å²) >= 11 is 11.8. The molecular formula is C25H31Cl2N3O4. The average Bonchev–Trinajstić information content (AvgIpc) is 2.84. The van der Waals surface area contributed by atoms with Crippen LogP contribution >= 0.6 is 23.2 Å². The SMILES string of the molecule is CCOC(=O)[C@H](Cc1ccc(N(CCCl)CCCl)cc1)NC(=O)[C@H](Cc1ccccc1)NC=O. The van der Waals surface area contributed by atoms with Crippen molar-refractivity contribution < 1.29 is 19.1 Å². The number of rotatable bonds is 15. The fourth-order valence-corrected chi connectivity index (χ4v) is 3.93. The molecule has 0 heterocycles. The summed E-state index contributed by atoms with van der Waals surface area (Å²) in [5, 5.41) is 5.30. The maximum atomic E-state index is 13.0. The standard InChI is InChI=1S/C25H31Cl2N3O4/c1-2-34-25(33)23(17-20-8-10-21(11-9-20)30(14-12-26)15-13-27)29-24(32)22(28-18-31)16-19-6-4-3-5-7-19/h3-11,18,22-23H,2,12-17H2,1H3,(H,28,31)(H,29,32)/t22-,23-/m0/s1. The Morgan fingerprint density at radius 3 is 2.09 bits per heavy atom. The molecule has 0 bridgehead atoms. The normalized spacial score (nSPS) is 12.3. The van der Waals surface area contributed by atoms with E-state index in [-0.39, 0.29) is 13.0 Å². The van der Waals surface area contributed by atoms with Crippen LogP contribution in [-0.4, -0.2) is 61.8 Å². The van der Waals surface area contributed by atoms with Crippen LogP contribution in [0, 0.1) is 0 Å². The van der Waals surface area contributed by atoms with Crippen molar-refractivity contribution in [1.29, 1.82) is 0 Å². The monoisotopic (exact) mass is 507 g/mol. The second kappa shape index (κ2) is 15.2. The van der Waals surface area contributed by atoms with Crippen molar-refractivity contribution in [3.05, 3.63) is 65.7 Å². The Kier molecular flexibility index (Phi) is 12.3. The van der Waals surface area contributed by atoms with E-state index in [1.165, 1.54) is 0 Å². The first kappa shape index (κ1) is 27.5. The number of hydrogen-bond donors (Lipinski definition) is 2. The van der Waals surface area contributed by atoms with Crippen molar-refractivity contribution in [2.75, 3.05) is 36.4 Å². The van der Waals surface area contributed by atoms with Crippen molar-refractivity contribution in [3.63, 3.8) is 0 Å². The van der Waals surface area contributed by atoms with Crippen LogP contribution in [0.5, 0.6) is 0 Å². The minimum Gasteiger partial charge on any atom is -0.464 e. The predicted molar refractivity (Wildman–Crippen MR) is 135 cm³/mol. The zero-order valence-corrected chi connectivity index (χ0v) is 20.7. The van der Waals surface area contributed by atoms with Gasteiger partial charge in [-0.2, -0.15) is 0 Å². The van der Waals surface area contributed by atoms with Crippen LogP contribution in [0.25, 0.3) is 0 Å². The molecule has 9 heteroatoms. The lowest BCUT2D eigenvalue weighted by Gasteiger charge is -2.24. The molecule has 2 aromatic rings. The van der Waals surface area contributed by atoms with E-state index in [4.69, 9.17) is 27.9 Å². The first-order chi connectivity index (χ1) is 16.5. The lowest BCUT2D eigenvalue weighted by molar-refractivity contribution is -0.147. The number of ether oxygens (including phenoxy) is 1. The van der Waals surface area contributed by atoms with Crippen LogP contribution in [0.15, 0.2) is 54.6 Å². The molecule has 2 rings (SSSR count). The Bertz CT molecular complexity index is 891. The molecule has 2 atom stereocenters. The Balaban J connectivity index is 2.14. The van der Waals surface area contributed by atoms with Gasteiger partial charge in [-0.3, -0.25) is 9.59 Å². The van der Waals surface area contributed by atoms with Crippen LogP contribution in [0.1, 0.15) is 18.1 Å². The largest absolute Gasteiger partial charge is 0.464 e. The summed E-state index contributed by atoms with van der Waals surface area (Å²) in [6, 6.07) is 15.3. The van der Waals surface area contributed by atoms with E-state index in [1.54, 1.807) is 6.92 Å². The van der Waals surface area contributed by atoms with Gasteiger partial charge in [0.2, 0.25) is 12.3 Å². The molecule has 2 N–H and O–H groups in total. The Morgan fingerprint density at radius 2 is 1.53 bits per heavy atom. The average molecular weight is 508 g/mol. The molecule has 0 saturated heterocycles. The summed E-state index contributed by atoms with van der Waals surface area (Å²) in [6.45, 7) is 3.24. The van der Waals surface area contributed by atoms with Gasteiger partial charge in [-0.1, -0.05) is 42.5 Å². The van der Waals surface area contributed by atoms with E-state index in [1.807, 2.05) is 54.6 Å². The highest BCUT2D eigenvalue weighted by molar-refractivity contribution is 6.18. The highest BCUT2D eigenvalue weighted by atomic mass is 35.5. The Hall–Kier alpha value is -2.77. The lowest BCUT2D eigenvalue weighted by atomic mass is 10.0. The van der Waals surface area contributed by atoms with Gasteiger partial charge in [0, 0.05) is 43.4 Å². The number of anilines is 1. The number of benzene rings is 2. The Labute approximate surface area is 210 Å². The van der Waals surface area contributed by atoms with E-state index in [9.17, 15) is 14.4 Å². The smallest absolute Gasteiger partial charge is 0.328 e. The van der Waals surface area contributed by atoms with Crippen LogP contribution < -0.4 is 15.5 Å². The van der Waals surface area contributed by atoms with Crippen LogP contribution in [0.4, 0.5) is 5.69 Å². The number of nitrogens with one attached hydrogen (secondary N) is 2. The van der Waals surface area contributed by atoms with E-state index < -0.39 is 24.0 Å². The second-order valence-corrected chi connectivity index (χ2v) is 8.33. The molecule has 0 fully saturated rings.